The first-order valence-electron chi connectivity index (χ1n) is 6.19. The van der Waals surface area contributed by atoms with Crippen LogP contribution in [-0.4, -0.2) is 15.7 Å². The van der Waals surface area contributed by atoms with Crippen molar-refractivity contribution >= 4 is 45.9 Å². The second kappa shape index (κ2) is 6.14. The van der Waals surface area contributed by atoms with Crippen molar-refractivity contribution in [3.8, 4) is 11.5 Å². The molecule has 0 aliphatic rings. The van der Waals surface area contributed by atoms with Crippen LogP contribution in [0.2, 0.25) is 10.2 Å². The zero-order valence-corrected chi connectivity index (χ0v) is 13.4. The van der Waals surface area contributed by atoms with E-state index in [1.807, 2.05) is 0 Å². The number of H-pyrrole nitrogens is 1. The van der Waals surface area contributed by atoms with Gasteiger partial charge >= 0.3 is 5.51 Å². The molecule has 1 N–H and O–H groups in total. The van der Waals surface area contributed by atoms with Gasteiger partial charge in [-0.15, -0.1) is 0 Å². The lowest BCUT2D eigenvalue weighted by Crippen LogP contribution is -1.99. The van der Waals surface area contributed by atoms with E-state index in [1.165, 1.54) is 12.1 Å². The van der Waals surface area contributed by atoms with Gasteiger partial charge in [0.05, 0.1) is 10.9 Å². The molecule has 0 amide bonds. The highest BCUT2D eigenvalue weighted by Crippen LogP contribution is 2.44. The van der Waals surface area contributed by atoms with Crippen molar-refractivity contribution in [2.75, 3.05) is 0 Å². The van der Waals surface area contributed by atoms with E-state index in [9.17, 15) is 13.2 Å². The summed E-state index contributed by atoms with van der Waals surface area (Å²) in [5.41, 5.74) is -4.25. The Labute approximate surface area is 142 Å². The number of hydrogen-bond donors (Lipinski definition) is 1. The van der Waals surface area contributed by atoms with E-state index < -0.39 is 5.51 Å². The summed E-state index contributed by atoms with van der Waals surface area (Å²) in [4.78, 5) is -0.0367. The first-order valence-corrected chi connectivity index (χ1v) is 7.76. The number of nitrogens with zero attached hydrogens (tertiary/aromatic N) is 1. The quantitative estimate of drug-likeness (QED) is 0.545. The summed E-state index contributed by atoms with van der Waals surface area (Å²) < 4.78 is 43.5. The molecule has 9 heteroatoms. The Morgan fingerprint density at radius 3 is 2.61 bits per heavy atom. The fraction of sp³-hybridized carbons (Fsp3) is 0.0714. The van der Waals surface area contributed by atoms with Gasteiger partial charge in [-0.05, 0) is 42.1 Å². The standard InChI is InChI=1S/C14H7Cl2F3N2OS/c15-7-2-1-3-8(6-7)22-9-4-5-10(23-14(17,18)19)12-11(9)13(16)21-20-12/h1-6H,(H,20,21). The Kier molecular flexibility index (Phi) is 4.35. The molecule has 120 valence electrons. The molecule has 0 unspecified atom stereocenters. The minimum Gasteiger partial charge on any atom is -0.456 e. The van der Waals surface area contributed by atoms with Crippen molar-refractivity contribution in [3.05, 3.63) is 46.6 Å². The number of aromatic amines is 1. The van der Waals surface area contributed by atoms with Crippen LogP contribution in [0, 0.1) is 0 Å². The Morgan fingerprint density at radius 2 is 1.91 bits per heavy atom. The van der Waals surface area contributed by atoms with Gasteiger partial charge in [0.2, 0.25) is 0 Å². The van der Waals surface area contributed by atoms with Crippen LogP contribution in [0.1, 0.15) is 0 Å². The van der Waals surface area contributed by atoms with E-state index in [0.29, 0.717) is 10.8 Å². The third-order valence-corrected chi connectivity index (χ3v) is 4.15. The summed E-state index contributed by atoms with van der Waals surface area (Å²) in [6.45, 7) is 0. The number of alkyl halides is 3. The summed E-state index contributed by atoms with van der Waals surface area (Å²) in [5, 5.41) is 7.05. The average molecular weight is 379 g/mol. The van der Waals surface area contributed by atoms with Crippen LogP contribution in [-0.2, 0) is 0 Å². The highest BCUT2D eigenvalue weighted by Gasteiger charge is 2.31. The molecule has 0 aliphatic carbocycles. The molecule has 23 heavy (non-hydrogen) atoms. The van der Waals surface area contributed by atoms with Gasteiger partial charge < -0.3 is 4.74 Å². The van der Waals surface area contributed by atoms with E-state index in [2.05, 4.69) is 10.2 Å². The van der Waals surface area contributed by atoms with Gasteiger partial charge in [-0.1, -0.05) is 29.3 Å². The minimum atomic E-state index is -4.42. The SMILES string of the molecule is FC(F)(F)Sc1ccc(Oc2cccc(Cl)c2)c2c(Cl)n[nH]c12. The molecule has 1 heterocycles. The summed E-state index contributed by atoms with van der Waals surface area (Å²) in [6, 6.07) is 9.34. The Morgan fingerprint density at radius 1 is 1.13 bits per heavy atom. The smallest absolute Gasteiger partial charge is 0.446 e. The number of halogens is 5. The molecule has 3 nitrogen and oxygen atoms in total. The van der Waals surface area contributed by atoms with E-state index in [0.717, 1.165) is 0 Å². The van der Waals surface area contributed by atoms with Crippen molar-refractivity contribution in [1.82, 2.24) is 10.2 Å². The summed E-state index contributed by atoms with van der Waals surface area (Å²) >= 11 is 11.6. The molecule has 0 bridgehead atoms. The number of thioether (sulfide) groups is 1. The fourth-order valence-electron chi connectivity index (χ4n) is 1.99. The van der Waals surface area contributed by atoms with Crippen molar-refractivity contribution in [2.45, 2.75) is 10.4 Å². The van der Waals surface area contributed by atoms with Crippen molar-refractivity contribution in [3.63, 3.8) is 0 Å². The maximum atomic E-state index is 12.6. The first-order chi connectivity index (χ1) is 10.8. The van der Waals surface area contributed by atoms with Crippen LogP contribution in [0.25, 0.3) is 10.9 Å². The van der Waals surface area contributed by atoms with Gasteiger partial charge in [0, 0.05) is 9.92 Å². The molecule has 3 aromatic rings. The monoisotopic (exact) mass is 378 g/mol. The van der Waals surface area contributed by atoms with Crippen LogP contribution in [0.5, 0.6) is 11.5 Å². The number of nitrogens with one attached hydrogen (secondary N) is 1. The van der Waals surface area contributed by atoms with Crippen molar-refractivity contribution < 1.29 is 17.9 Å². The molecule has 0 fully saturated rings. The zero-order valence-electron chi connectivity index (χ0n) is 11.1. The van der Waals surface area contributed by atoms with Gasteiger partial charge in [-0.3, -0.25) is 5.10 Å². The highest BCUT2D eigenvalue weighted by atomic mass is 35.5. The van der Waals surface area contributed by atoms with E-state index in [1.54, 1.807) is 24.3 Å². The number of rotatable bonds is 3. The Bertz CT molecular complexity index is 867. The second-order valence-corrected chi connectivity index (χ2v) is 6.33. The van der Waals surface area contributed by atoms with E-state index >= 15 is 0 Å². The molecule has 0 radical (unpaired) electrons. The molecule has 1 aromatic heterocycles. The first kappa shape index (κ1) is 16.3. The van der Waals surface area contributed by atoms with Gasteiger partial charge in [-0.25, -0.2) is 0 Å². The van der Waals surface area contributed by atoms with Crippen LogP contribution < -0.4 is 4.74 Å². The molecule has 3 rings (SSSR count). The second-order valence-electron chi connectivity index (χ2n) is 4.43. The van der Waals surface area contributed by atoms with Crippen LogP contribution >= 0.6 is 35.0 Å². The van der Waals surface area contributed by atoms with Crippen LogP contribution in [0.4, 0.5) is 13.2 Å². The third kappa shape index (κ3) is 3.68. The lowest BCUT2D eigenvalue weighted by Gasteiger charge is -2.10. The molecular formula is C14H7Cl2F3N2OS. The molecule has 0 saturated heterocycles. The molecule has 2 aromatic carbocycles. The largest absolute Gasteiger partial charge is 0.456 e. The molecule has 0 spiro atoms. The molecule has 0 aliphatic heterocycles. The van der Waals surface area contributed by atoms with E-state index in [4.69, 9.17) is 27.9 Å². The van der Waals surface area contributed by atoms with Gasteiger partial charge in [0.1, 0.15) is 11.5 Å². The third-order valence-electron chi connectivity index (χ3n) is 2.85. The number of aromatic nitrogens is 2. The summed E-state index contributed by atoms with van der Waals surface area (Å²) in [5.74, 6) is 0.722. The topological polar surface area (TPSA) is 37.9 Å². The lowest BCUT2D eigenvalue weighted by atomic mass is 10.2. The van der Waals surface area contributed by atoms with Crippen LogP contribution in [0.15, 0.2) is 41.3 Å². The lowest BCUT2D eigenvalue weighted by molar-refractivity contribution is -0.0327. The van der Waals surface area contributed by atoms with Crippen molar-refractivity contribution in [1.29, 1.82) is 0 Å². The van der Waals surface area contributed by atoms with Gasteiger partial charge in [0.15, 0.2) is 5.15 Å². The zero-order chi connectivity index (χ0) is 16.6. The number of benzene rings is 2. The van der Waals surface area contributed by atoms with Gasteiger partial charge in [0.25, 0.3) is 0 Å². The Hall–Kier alpha value is -1.57. The number of hydrogen-bond acceptors (Lipinski definition) is 3. The molecular weight excluding hydrogens is 372 g/mol. The average Bonchev–Trinajstić information content (AvgIpc) is 2.83. The maximum Gasteiger partial charge on any atom is 0.446 e. The number of ether oxygens (including phenoxy) is 1. The van der Waals surface area contributed by atoms with Crippen LogP contribution in [0.3, 0.4) is 0 Å². The maximum absolute atomic E-state index is 12.6. The van der Waals surface area contributed by atoms with Crippen molar-refractivity contribution in [2.24, 2.45) is 0 Å². The minimum absolute atomic E-state index is 0.0293. The van der Waals surface area contributed by atoms with Gasteiger partial charge in [-0.2, -0.15) is 18.3 Å². The Balaban J connectivity index is 2.05. The summed E-state index contributed by atoms with van der Waals surface area (Å²) in [7, 11) is 0. The fourth-order valence-corrected chi connectivity index (χ4v) is 3.04. The highest BCUT2D eigenvalue weighted by molar-refractivity contribution is 8.00. The van der Waals surface area contributed by atoms with E-state index in [-0.39, 0.29) is 38.5 Å². The predicted molar refractivity (Wildman–Crippen MR) is 84.5 cm³/mol. The number of fused-ring (bicyclic) bond motifs is 1. The molecule has 0 saturated carbocycles. The normalized spacial score (nSPS) is 11.9. The predicted octanol–water partition coefficient (Wildman–Crippen LogP) is 6.27. The summed E-state index contributed by atoms with van der Waals surface area (Å²) in [6.07, 6.45) is 0. The molecule has 0 atom stereocenters.